The first kappa shape index (κ1) is 17.5. The van der Waals surface area contributed by atoms with Gasteiger partial charge in [-0.25, -0.2) is 0 Å². The van der Waals surface area contributed by atoms with E-state index in [1.54, 1.807) is 0 Å². The molecule has 21 heavy (non-hydrogen) atoms. The van der Waals surface area contributed by atoms with E-state index in [4.69, 9.17) is 5.11 Å². The fraction of sp³-hybridized carbons (Fsp3) is 0.526. The maximum Gasteiger partial charge on any atom is 0.303 e. The Morgan fingerprint density at radius 3 is 2.19 bits per heavy atom. The molecule has 0 aromatic heterocycles. The van der Waals surface area contributed by atoms with Gasteiger partial charge in [0, 0.05) is 6.42 Å². The number of hydrogen-bond donors (Lipinski definition) is 1. The second-order valence-electron chi connectivity index (χ2n) is 5.55. The molecule has 1 N–H and O–H groups in total. The molecule has 0 saturated heterocycles. The molecule has 0 aliphatic heterocycles. The van der Waals surface area contributed by atoms with Crippen molar-refractivity contribution in [2.75, 3.05) is 0 Å². The summed E-state index contributed by atoms with van der Waals surface area (Å²) in [6.45, 7) is 0. The lowest BCUT2D eigenvalue weighted by Gasteiger charge is -1.99. The Bertz CT molecular complexity index is 395. The van der Waals surface area contributed by atoms with Gasteiger partial charge in [0.2, 0.25) is 0 Å². The van der Waals surface area contributed by atoms with Crippen LogP contribution in [0.2, 0.25) is 0 Å². The fourth-order valence-electron chi connectivity index (χ4n) is 2.37. The van der Waals surface area contributed by atoms with E-state index in [9.17, 15) is 4.79 Å². The van der Waals surface area contributed by atoms with Gasteiger partial charge in [0.1, 0.15) is 0 Å². The highest BCUT2D eigenvalue weighted by Crippen LogP contribution is 2.09. The van der Waals surface area contributed by atoms with Crippen molar-refractivity contribution in [2.45, 2.75) is 64.2 Å². The van der Waals surface area contributed by atoms with Crippen LogP contribution in [-0.2, 0) is 11.2 Å². The number of carbonyl (C=O) groups is 1. The summed E-state index contributed by atoms with van der Waals surface area (Å²) in [5, 5.41) is 8.52. The van der Waals surface area contributed by atoms with Crippen molar-refractivity contribution >= 4 is 5.97 Å². The van der Waals surface area contributed by atoms with E-state index in [0.29, 0.717) is 6.42 Å². The Kier molecular flexibility index (Phi) is 10.1. The van der Waals surface area contributed by atoms with Crippen LogP contribution in [0.3, 0.4) is 0 Å². The molecule has 0 aliphatic rings. The van der Waals surface area contributed by atoms with Crippen LogP contribution in [0.1, 0.15) is 63.4 Å². The number of carboxylic acid groups (broad SMARTS) is 1. The Morgan fingerprint density at radius 1 is 0.857 bits per heavy atom. The van der Waals surface area contributed by atoms with Gasteiger partial charge in [-0.15, -0.1) is 0 Å². The molecule has 1 rings (SSSR count). The average molecular weight is 288 g/mol. The Balaban J connectivity index is 1.86. The molecular formula is C19H28O2. The van der Waals surface area contributed by atoms with Crippen LogP contribution in [-0.4, -0.2) is 11.1 Å². The number of unbranched alkanes of at least 4 members (excludes halogenated alkanes) is 6. The van der Waals surface area contributed by atoms with Crippen molar-refractivity contribution in [1.82, 2.24) is 0 Å². The third-order valence-corrected chi connectivity index (χ3v) is 3.61. The zero-order chi connectivity index (χ0) is 15.2. The zero-order valence-corrected chi connectivity index (χ0v) is 13.0. The van der Waals surface area contributed by atoms with Crippen molar-refractivity contribution in [3.63, 3.8) is 0 Å². The number of benzene rings is 1. The van der Waals surface area contributed by atoms with Crippen LogP contribution in [0, 0.1) is 0 Å². The largest absolute Gasteiger partial charge is 0.481 e. The Labute approximate surface area is 128 Å². The highest BCUT2D eigenvalue weighted by atomic mass is 16.4. The van der Waals surface area contributed by atoms with Crippen LogP contribution in [0.15, 0.2) is 42.5 Å². The maximum absolute atomic E-state index is 10.3. The van der Waals surface area contributed by atoms with Gasteiger partial charge in [0.05, 0.1) is 0 Å². The first-order valence-electron chi connectivity index (χ1n) is 8.20. The van der Waals surface area contributed by atoms with E-state index in [1.165, 1.54) is 24.8 Å². The summed E-state index contributed by atoms with van der Waals surface area (Å²) in [6.07, 6.45) is 15.1. The minimum absolute atomic E-state index is 0.321. The van der Waals surface area contributed by atoms with E-state index in [1.807, 2.05) is 0 Å². The third-order valence-electron chi connectivity index (χ3n) is 3.61. The van der Waals surface area contributed by atoms with Gasteiger partial charge in [-0.3, -0.25) is 4.79 Å². The second kappa shape index (κ2) is 12.2. The molecule has 0 unspecified atom stereocenters. The first-order valence-corrected chi connectivity index (χ1v) is 8.20. The Morgan fingerprint density at radius 2 is 1.48 bits per heavy atom. The molecule has 0 amide bonds. The fourth-order valence-corrected chi connectivity index (χ4v) is 2.37. The summed E-state index contributed by atoms with van der Waals surface area (Å²) < 4.78 is 0. The van der Waals surface area contributed by atoms with Crippen LogP contribution in [0.25, 0.3) is 0 Å². The summed E-state index contributed by atoms with van der Waals surface area (Å²) in [5.41, 5.74) is 1.42. The molecule has 0 radical (unpaired) electrons. The minimum atomic E-state index is -0.673. The number of hydrogen-bond acceptors (Lipinski definition) is 1. The number of aryl methyl sites for hydroxylation is 1. The van der Waals surface area contributed by atoms with Crippen molar-refractivity contribution < 1.29 is 9.90 Å². The van der Waals surface area contributed by atoms with Crippen molar-refractivity contribution in [3.8, 4) is 0 Å². The SMILES string of the molecule is O=C(O)CCCCCCC/C=C/CCCc1ccccc1. The number of carboxylic acids is 1. The predicted molar refractivity (Wildman–Crippen MR) is 88.5 cm³/mol. The highest BCUT2D eigenvalue weighted by molar-refractivity contribution is 5.66. The second-order valence-corrected chi connectivity index (χ2v) is 5.55. The van der Waals surface area contributed by atoms with Gasteiger partial charge in [-0.05, 0) is 44.1 Å². The van der Waals surface area contributed by atoms with Gasteiger partial charge in [-0.1, -0.05) is 61.7 Å². The lowest BCUT2D eigenvalue weighted by molar-refractivity contribution is -0.137. The summed E-state index contributed by atoms with van der Waals surface area (Å²) in [4.78, 5) is 10.3. The summed E-state index contributed by atoms with van der Waals surface area (Å²) in [6, 6.07) is 10.6. The normalized spacial score (nSPS) is 11.0. The van der Waals surface area contributed by atoms with E-state index >= 15 is 0 Å². The quantitative estimate of drug-likeness (QED) is 0.414. The summed E-state index contributed by atoms with van der Waals surface area (Å²) in [5.74, 6) is -0.673. The van der Waals surface area contributed by atoms with Gasteiger partial charge < -0.3 is 5.11 Å². The van der Waals surface area contributed by atoms with E-state index in [-0.39, 0.29) is 0 Å². The lowest BCUT2D eigenvalue weighted by atomic mass is 10.1. The number of aliphatic carboxylic acids is 1. The lowest BCUT2D eigenvalue weighted by Crippen LogP contribution is -1.93. The molecule has 0 aliphatic carbocycles. The van der Waals surface area contributed by atoms with Crippen LogP contribution >= 0.6 is 0 Å². The molecule has 0 heterocycles. The molecule has 2 heteroatoms. The van der Waals surface area contributed by atoms with Crippen LogP contribution in [0.4, 0.5) is 0 Å². The molecule has 0 atom stereocenters. The minimum Gasteiger partial charge on any atom is -0.481 e. The highest BCUT2D eigenvalue weighted by Gasteiger charge is 1.95. The topological polar surface area (TPSA) is 37.3 Å². The molecule has 116 valence electrons. The van der Waals surface area contributed by atoms with Crippen molar-refractivity contribution in [3.05, 3.63) is 48.0 Å². The van der Waals surface area contributed by atoms with Gasteiger partial charge in [0.25, 0.3) is 0 Å². The zero-order valence-electron chi connectivity index (χ0n) is 13.0. The monoisotopic (exact) mass is 288 g/mol. The first-order chi connectivity index (χ1) is 10.3. The molecule has 0 fully saturated rings. The molecule has 0 spiro atoms. The summed E-state index contributed by atoms with van der Waals surface area (Å²) >= 11 is 0. The van der Waals surface area contributed by atoms with Gasteiger partial charge >= 0.3 is 5.97 Å². The van der Waals surface area contributed by atoms with Crippen molar-refractivity contribution in [1.29, 1.82) is 0 Å². The molecule has 1 aromatic rings. The smallest absolute Gasteiger partial charge is 0.303 e. The molecule has 1 aromatic carbocycles. The number of allylic oxidation sites excluding steroid dienone is 2. The Hall–Kier alpha value is -1.57. The van der Waals surface area contributed by atoms with Crippen LogP contribution in [0.5, 0.6) is 0 Å². The van der Waals surface area contributed by atoms with Gasteiger partial charge in [0.15, 0.2) is 0 Å². The van der Waals surface area contributed by atoms with E-state index < -0.39 is 5.97 Å². The molecule has 0 saturated carbocycles. The predicted octanol–water partition coefficient (Wildman–Crippen LogP) is 5.38. The van der Waals surface area contributed by atoms with Crippen molar-refractivity contribution in [2.24, 2.45) is 0 Å². The van der Waals surface area contributed by atoms with E-state index in [0.717, 1.165) is 38.5 Å². The molecule has 0 bridgehead atoms. The standard InChI is InChI=1S/C19H28O2/c20-19(21)17-13-8-6-4-2-1-3-5-7-10-14-18-15-11-9-12-16-18/h3,5,9,11-12,15-16H,1-2,4,6-8,10,13-14,17H2,(H,20,21)/b5-3+. The average Bonchev–Trinajstić information content (AvgIpc) is 2.49. The third kappa shape index (κ3) is 10.8. The molecule has 2 nitrogen and oxygen atoms in total. The maximum atomic E-state index is 10.3. The summed E-state index contributed by atoms with van der Waals surface area (Å²) in [7, 11) is 0. The van der Waals surface area contributed by atoms with E-state index in [2.05, 4.69) is 42.5 Å². The number of rotatable bonds is 12. The van der Waals surface area contributed by atoms with Crippen LogP contribution < -0.4 is 0 Å². The molecular weight excluding hydrogens is 260 g/mol. The van der Waals surface area contributed by atoms with Gasteiger partial charge in [-0.2, -0.15) is 0 Å².